The molecule has 2 nitrogen and oxygen atoms in total. The highest BCUT2D eigenvalue weighted by Gasteiger charge is 2.54. The molecule has 0 unspecified atom stereocenters. The minimum Gasteiger partial charge on any atom is -0.396 e. The Hall–Kier alpha value is -0.630. The van der Waals surface area contributed by atoms with Crippen LogP contribution in [0.25, 0.3) is 0 Å². The third-order valence-electron chi connectivity index (χ3n) is 6.58. The first-order valence-corrected chi connectivity index (χ1v) is 9.01. The van der Waals surface area contributed by atoms with E-state index in [0.29, 0.717) is 23.5 Å². The number of fused-ring (bicyclic) bond motifs is 1. The molecule has 0 amide bonds. The fraction of sp³-hybridized carbons (Fsp3) is 0.850. The third kappa shape index (κ3) is 3.32. The maximum Gasteiger partial charge on any atom is 0.134 e. The molecule has 0 saturated heterocycles. The molecule has 2 aliphatic rings. The number of hydrogen-bond acceptors (Lipinski definition) is 2. The Kier molecular flexibility index (Phi) is 5.21. The van der Waals surface area contributed by atoms with Gasteiger partial charge in [0.1, 0.15) is 5.78 Å². The van der Waals surface area contributed by atoms with E-state index in [2.05, 4.69) is 34.3 Å². The smallest absolute Gasteiger partial charge is 0.134 e. The van der Waals surface area contributed by atoms with E-state index < -0.39 is 0 Å². The van der Waals surface area contributed by atoms with Crippen molar-refractivity contribution in [2.75, 3.05) is 6.61 Å². The summed E-state index contributed by atoms with van der Waals surface area (Å²) in [6, 6.07) is 0. The fourth-order valence-electron chi connectivity index (χ4n) is 5.54. The highest BCUT2D eigenvalue weighted by atomic mass is 16.3. The van der Waals surface area contributed by atoms with Gasteiger partial charge in [0.2, 0.25) is 0 Å². The monoisotopic (exact) mass is 306 g/mol. The fourth-order valence-corrected chi connectivity index (χ4v) is 5.54. The lowest BCUT2D eigenvalue weighted by Crippen LogP contribution is -2.52. The summed E-state index contributed by atoms with van der Waals surface area (Å²) in [5, 5.41) is 9.10. The van der Waals surface area contributed by atoms with E-state index in [1.807, 2.05) is 0 Å². The predicted molar refractivity (Wildman–Crippen MR) is 91.6 cm³/mol. The Bertz CT molecular complexity index is 437. The third-order valence-corrected chi connectivity index (χ3v) is 6.58. The molecule has 2 fully saturated rings. The average Bonchev–Trinajstić information content (AvgIpc) is 2.35. The zero-order chi connectivity index (χ0) is 16.5. The number of Topliss-reactive ketones (excluding diaryl/α,β-unsaturated/α-hetero) is 1. The van der Waals surface area contributed by atoms with E-state index in [1.165, 1.54) is 12.0 Å². The highest BCUT2D eigenvalue weighted by Crippen LogP contribution is 2.61. The molecule has 0 heterocycles. The van der Waals surface area contributed by atoms with Crippen molar-refractivity contribution in [1.29, 1.82) is 0 Å². The molecule has 0 aliphatic heterocycles. The Morgan fingerprint density at radius 2 is 1.95 bits per heavy atom. The number of aliphatic hydroxyl groups is 1. The molecule has 126 valence electrons. The van der Waals surface area contributed by atoms with Gasteiger partial charge >= 0.3 is 0 Å². The molecule has 0 aromatic carbocycles. The number of rotatable bonds is 5. The number of ketones is 1. The molecule has 2 aliphatic carbocycles. The van der Waals surface area contributed by atoms with Gasteiger partial charge in [-0.2, -0.15) is 0 Å². The number of carbonyl (C=O) groups excluding carboxylic acids is 1. The summed E-state index contributed by atoms with van der Waals surface area (Å²) < 4.78 is 0. The second-order valence-corrected chi connectivity index (χ2v) is 8.88. The van der Waals surface area contributed by atoms with E-state index in [9.17, 15) is 4.79 Å². The van der Waals surface area contributed by atoms with Gasteiger partial charge in [0.05, 0.1) is 0 Å². The summed E-state index contributed by atoms with van der Waals surface area (Å²) in [4.78, 5) is 12.4. The van der Waals surface area contributed by atoms with Gasteiger partial charge in [0.15, 0.2) is 0 Å². The van der Waals surface area contributed by atoms with Crippen LogP contribution in [0.3, 0.4) is 0 Å². The number of hydrogen-bond donors (Lipinski definition) is 1. The Labute approximate surface area is 136 Å². The molecular formula is C20H34O2. The summed E-state index contributed by atoms with van der Waals surface area (Å²) in [6.45, 7) is 13.8. The van der Waals surface area contributed by atoms with Gasteiger partial charge in [0, 0.05) is 19.4 Å². The van der Waals surface area contributed by atoms with E-state index in [-0.39, 0.29) is 17.4 Å². The van der Waals surface area contributed by atoms with Crippen LogP contribution in [0.2, 0.25) is 0 Å². The predicted octanol–water partition coefficient (Wildman–Crippen LogP) is 4.76. The van der Waals surface area contributed by atoms with Crippen molar-refractivity contribution in [3.8, 4) is 0 Å². The van der Waals surface area contributed by atoms with E-state index in [0.717, 1.165) is 38.5 Å². The quantitative estimate of drug-likeness (QED) is 0.743. The Morgan fingerprint density at radius 1 is 1.27 bits per heavy atom. The molecule has 0 spiro atoms. The van der Waals surface area contributed by atoms with E-state index in [4.69, 9.17) is 5.11 Å². The number of aliphatic hydroxyl groups excluding tert-OH is 1. The van der Waals surface area contributed by atoms with Gasteiger partial charge in [-0.3, -0.25) is 4.79 Å². The summed E-state index contributed by atoms with van der Waals surface area (Å²) in [7, 11) is 0. The van der Waals surface area contributed by atoms with Gasteiger partial charge in [-0.1, -0.05) is 46.3 Å². The minimum absolute atomic E-state index is 0.0904. The van der Waals surface area contributed by atoms with Crippen molar-refractivity contribution in [2.45, 2.75) is 72.6 Å². The van der Waals surface area contributed by atoms with Crippen LogP contribution in [0.1, 0.15) is 72.6 Å². The van der Waals surface area contributed by atoms with Crippen molar-refractivity contribution < 1.29 is 9.90 Å². The number of allylic oxidation sites excluding steroid dienone is 1. The molecule has 0 bridgehead atoms. The molecule has 0 radical (unpaired) electrons. The van der Waals surface area contributed by atoms with Crippen LogP contribution < -0.4 is 0 Å². The Morgan fingerprint density at radius 3 is 2.59 bits per heavy atom. The zero-order valence-electron chi connectivity index (χ0n) is 15.0. The number of carbonyl (C=O) groups is 1. The van der Waals surface area contributed by atoms with E-state index >= 15 is 0 Å². The minimum atomic E-state index is 0.0904. The van der Waals surface area contributed by atoms with Gasteiger partial charge in [-0.15, -0.1) is 0 Å². The molecular weight excluding hydrogens is 272 g/mol. The normalized spacial score (nSPS) is 36.0. The molecule has 0 aromatic rings. The topological polar surface area (TPSA) is 37.3 Å². The van der Waals surface area contributed by atoms with Crippen molar-refractivity contribution >= 4 is 5.78 Å². The maximum atomic E-state index is 12.4. The lowest BCUT2D eigenvalue weighted by atomic mass is 9.47. The summed E-state index contributed by atoms with van der Waals surface area (Å²) in [5.41, 5.74) is 1.58. The SMILES string of the molecule is C=C1CC[C@H]2C(C)(C)CC(=O)C[C@]2(C)[C@H]1CC[C@H](C)CCO. The molecule has 2 heteroatoms. The van der Waals surface area contributed by atoms with Crippen molar-refractivity contribution in [1.82, 2.24) is 0 Å². The first-order chi connectivity index (χ1) is 10.2. The second kappa shape index (κ2) is 6.47. The largest absolute Gasteiger partial charge is 0.396 e. The van der Waals surface area contributed by atoms with Gasteiger partial charge in [0.25, 0.3) is 0 Å². The summed E-state index contributed by atoms with van der Waals surface area (Å²) in [5.74, 6) is 2.08. The summed E-state index contributed by atoms with van der Waals surface area (Å²) in [6.07, 6.45) is 6.92. The maximum absolute atomic E-state index is 12.4. The molecule has 1 N–H and O–H groups in total. The lowest BCUT2D eigenvalue weighted by molar-refractivity contribution is -0.138. The first-order valence-electron chi connectivity index (χ1n) is 9.01. The Balaban J connectivity index is 2.19. The molecule has 0 aromatic heterocycles. The van der Waals surface area contributed by atoms with Crippen molar-refractivity contribution in [3.05, 3.63) is 12.2 Å². The van der Waals surface area contributed by atoms with Crippen LogP contribution in [0.15, 0.2) is 12.2 Å². The standard InChI is InChI=1S/C20H34O2/c1-14(10-11-21)6-8-17-15(2)7-9-18-19(3,4)12-16(22)13-20(17,18)5/h14,17-18,21H,2,6-13H2,1,3-5H3/t14-,17-,18-,20+/m0/s1. The molecule has 2 saturated carbocycles. The summed E-state index contributed by atoms with van der Waals surface area (Å²) >= 11 is 0. The van der Waals surface area contributed by atoms with Crippen LogP contribution in [-0.4, -0.2) is 17.5 Å². The zero-order valence-corrected chi connectivity index (χ0v) is 15.0. The average molecular weight is 306 g/mol. The van der Waals surface area contributed by atoms with Crippen LogP contribution in [0, 0.1) is 28.6 Å². The van der Waals surface area contributed by atoms with Crippen molar-refractivity contribution in [3.63, 3.8) is 0 Å². The van der Waals surface area contributed by atoms with Crippen LogP contribution in [-0.2, 0) is 4.79 Å². The highest BCUT2D eigenvalue weighted by molar-refractivity contribution is 5.81. The molecule has 2 rings (SSSR count). The van der Waals surface area contributed by atoms with Gasteiger partial charge in [-0.25, -0.2) is 0 Å². The van der Waals surface area contributed by atoms with Crippen LogP contribution >= 0.6 is 0 Å². The van der Waals surface area contributed by atoms with E-state index in [1.54, 1.807) is 0 Å². The van der Waals surface area contributed by atoms with Crippen molar-refractivity contribution in [2.24, 2.45) is 28.6 Å². The molecule has 22 heavy (non-hydrogen) atoms. The first kappa shape index (κ1) is 17.7. The second-order valence-electron chi connectivity index (χ2n) is 8.88. The van der Waals surface area contributed by atoms with Crippen LogP contribution in [0.4, 0.5) is 0 Å². The lowest BCUT2D eigenvalue weighted by Gasteiger charge is -2.57. The van der Waals surface area contributed by atoms with Crippen LogP contribution in [0.5, 0.6) is 0 Å². The van der Waals surface area contributed by atoms with Gasteiger partial charge in [-0.05, 0) is 54.3 Å². The molecule has 4 atom stereocenters. The van der Waals surface area contributed by atoms with Gasteiger partial charge < -0.3 is 5.11 Å².